The highest BCUT2D eigenvalue weighted by atomic mass is 16.2. The Morgan fingerprint density at radius 1 is 1.62 bits per heavy atom. The van der Waals surface area contributed by atoms with Gasteiger partial charge in [0.05, 0.1) is 6.42 Å². The lowest BCUT2D eigenvalue weighted by molar-refractivity contribution is -0.124. The number of amidine groups is 2. The quantitative estimate of drug-likeness (QED) is 0.588. The van der Waals surface area contributed by atoms with Crippen molar-refractivity contribution in [2.75, 3.05) is 0 Å². The largest absolute Gasteiger partial charge is 0.286 e. The molecule has 2 aliphatic rings. The second-order valence-corrected chi connectivity index (χ2v) is 3.06. The molecule has 0 saturated heterocycles. The van der Waals surface area contributed by atoms with Crippen LogP contribution in [0.3, 0.4) is 0 Å². The zero-order valence-electron chi connectivity index (χ0n) is 7.24. The Morgan fingerprint density at radius 2 is 2.38 bits per heavy atom. The monoisotopic (exact) mass is 175 g/mol. The minimum Gasteiger partial charge on any atom is -0.286 e. The summed E-state index contributed by atoms with van der Waals surface area (Å²) in [6.45, 7) is 1.93. The van der Waals surface area contributed by atoms with Crippen LogP contribution in [0.5, 0.6) is 0 Å². The molecular weight excluding hydrogens is 166 g/mol. The fourth-order valence-electron chi connectivity index (χ4n) is 1.29. The molecule has 0 aromatic carbocycles. The van der Waals surface area contributed by atoms with Crippen molar-refractivity contribution >= 4 is 17.6 Å². The molecule has 0 bridgehead atoms. The molecule has 0 spiro atoms. The highest BCUT2D eigenvalue weighted by molar-refractivity contribution is 6.19. The molecule has 1 amide bonds. The number of amides is 1. The Labute approximate surface area is 75.8 Å². The van der Waals surface area contributed by atoms with E-state index in [1.54, 1.807) is 12.3 Å². The van der Waals surface area contributed by atoms with Gasteiger partial charge in [0.25, 0.3) is 0 Å². The Balaban J connectivity index is 2.44. The highest BCUT2D eigenvalue weighted by Gasteiger charge is 2.24. The van der Waals surface area contributed by atoms with Gasteiger partial charge in [-0.3, -0.25) is 15.1 Å². The molecule has 0 aliphatic carbocycles. The number of hydrogen-bond donors (Lipinski definition) is 1. The van der Waals surface area contributed by atoms with Gasteiger partial charge in [-0.15, -0.1) is 0 Å². The van der Waals surface area contributed by atoms with Crippen molar-refractivity contribution in [3.05, 3.63) is 23.9 Å². The van der Waals surface area contributed by atoms with E-state index in [-0.39, 0.29) is 18.2 Å². The smallest absolute Gasteiger partial charge is 0.239 e. The van der Waals surface area contributed by atoms with Crippen molar-refractivity contribution in [2.24, 2.45) is 4.99 Å². The second kappa shape index (κ2) is 2.65. The number of rotatable bonds is 0. The minimum atomic E-state index is -0.0880. The van der Waals surface area contributed by atoms with E-state index < -0.39 is 0 Å². The van der Waals surface area contributed by atoms with E-state index in [0.717, 1.165) is 5.57 Å². The number of nitrogens with one attached hydrogen (secondary N) is 1. The molecule has 0 atom stereocenters. The zero-order valence-corrected chi connectivity index (χ0v) is 7.24. The lowest BCUT2D eigenvalue weighted by atomic mass is 10.1. The van der Waals surface area contributed by atoms with Crippen molar-refractivity contribution in [1.82, 2.24) is 4.90 Å². The van der Waals surface area contributed by atoms with Gasteiger partial charge in [-0.1, -0.05) is 0 Å². The molecule has 1 N–H and O–H groups in total. The van der Waals surface area contributed by atoms with E-state index in [1.165, 1.54) is 4.90 Å². The van der Waals surface area contributed by atoms with Crippen LogP contribution in [0.2, 0.25) is 0 Å². The van der Waals surface area contributed by atoms with Crippen LogP contribution in [-0.4, -0.2) is 22.5 Å². The lowest BCUT2D eigenvalue weighted by Crippen LogP contribution is -2.38. The van der Waals surface area contributed by atoms with Gasteiger partial charge in [0.2, 0.25) is 5.91 Å². The van der Waals surface area contributed by atoms with Gasteiger partial charge in [0.1, 0.15) is 11.7 Å². The molecule has 0 unspecified atom stereocenters. The third-order valence-electron chi connectivity index (χ3n) is 1.93. The summed E-state index contributed by atoms with van der Waals surface area (Å²) in [6.07, 6.45) is 5.45. The van der Waals surface area contributed by atoms with Gasteiger partial charge in [0, 0.05) is 6.20 Å². The van der Waals surface area contributed by atoms with Gasteiger partial charge in [-0.25, -0.2) is 4.99 Å². The Kier molecular flexibility index (Phi) is 1.62. The number of aliphatic imine (C=N–C) groups is 1. The Morgan fingerprint density at radius 3 is 3.15 bits per heavy atom. The molecule has 0 aromatic rings. The molecule has 2 aliphatic heterocycles. The standard InChI is InChI=1S/C9H9N3O/c1-6-2-3-12-8(4-6)11-7(10)5-9(12)13/h2-4,10H,5H2,1H3. The highest BCUT2D eigenvalue weighted by Crippen LogP contribution is 2.14. The van der Waals surface area contributed by atoms with Crippen molar-refractivity contribution < 1.29 is 4.79 Å². The molecule has 0 aromatic heterocycles. The van der Waals surface area contributed by atoms with E-state index in [0.29, 0.717) is 5.84 Å². The van der Waals surface area contributed by atoms with Crippen molar-refractivity contribution in [3.8, 4) is 0 Å². The third kappa shape index (κ3) is 1.30. The molecule has 2 rings (SSSR count). The molecular formula is C9H9N3O. The first kappa shape index (κ1) is 7.91. The van der Waals surface area contributed by atoms with Crippen LogP contribution in [0.15, 0.2) is 28.9 Å². The van der Waals surface area contributed by atoms with Gasteiger partial charge in [0.15, 0.2) is 0 Å². The fourth-order valence-corrected chi connectivity index (χ4v) is 1.29. The second-order valence-electron chi connectivity index (χ2n) is 3.06. The Bertz CT molecular complexity index is 376. The van der Waals surface area contributed by atoms with Gasteiger partial charge in [-0.05, 0) is 24.6 Å². The summed E-state index contributed by atoms with van der Waals surface area (Å²) in [4.78, 5) is 16.8. The third-order valence-corrected chi connectivity index (χ3v) is 1.93. The summed E-state index contributed by atoms with van der Waals surface area (Å²) in [5.74, 6) is 0.604. The lowest BCUT2D eigenvalue weighted by Gasteiger charge is -2.24. The predicted molar refractivity (Wildman–Crippen MR) is 49.5 cm³/mol. The first-order chi connectivity index (χ1) is 6.16. The minimum absolute atomic E-state index is 0.0880. The van der Waals surface area contributed by atoms with Crippen LogP contribution in [0, 0.1) is 5.41 Å². The van der Waals surface area contributed by atoms with Crippen LogP contribution in [0.1, 0.15) is 13.3 Å². The number of fused-ring (bicyclic) bond motifs is 1. The van der Waals surface area contributed by atoms with Gasteiger partial charge in [-0.2, -0.15) is 0 Å². The van der Waals surface area contributed by atoms with E-state index in [2.05, 4.69) is 4.99 Å². The molecule has 2 heterocycles. The average molecular weight is 175 g/mol. The van der Waals surface area contributed by atoms with Crippen molar-refractivity contribution in [3.63, 3.8) is 0 Å². The normalized spacial score (nSPS) is 21.2. The maximum atomic E-state index is 11.4. The number of hydrogen-bond acceptors (Lipinski definition) is 2. The molecule has 66 valence electrons. The SMILES string of the molecule is CC1=CC2=NC(=N)CC(=O)N2C=C1. The van der Waals surface area contributed by atoms with Crippen LogP contribution in [0.25, 0.3) is 0 Å². The summed E-state index contributed by atoms with van der Waals surface area (Å²) >= 11 is 0. The molecule has 13 heavy (non-hydrogen) atoms. The van der Waals surface area contributed by atoms with Crippen LogP contribution < -0.4 is 0 Å². The molecule has 0 fully saturated rings. The van der Waals surface area contributed by atoms with Crippen LogP contribution in [-0.2, 0) is 4.79 Å². The summed E-state index contributed by atoms with van der Waals surface area (Å²) in [5.41, 5.74) is 1.04. The summed E-state index contributed by atoms with van der Waals surface area (Å²) in [5, 5.41) is 7.32. The summed E-state index contributed by atoms with van der Waals surface area (Å²) in [7, 11) is 0. The zero-order chi connectivity index (χ0) is 9.42. The average Bonchev–Trinajstić information content (AvgIpc) is 2.02. The maximum absolute atomic E-state index is 11.4. The van der Waals surface area contributed by atoms with Crippen molar-refractivity contribution in [1.29, 1.82) is 5.41 Å². The van der Waals surface area contributed by atoms with E-state index in [4.69, 9.17) is 5.41 Å². The molecule has 0 radical (unpaired) electrons. The van der Waals surface area contributed by atoms with Gasteiger partial charge >= 0.3 is 0 Å². The molecule has 4 heteroatoms. The Hall–Kier alpha value is -1.71. The number of carbonyl (C=O) groups is 1. The van der Waals surface area contributed by atoms with E-state index >= 15 is 0 Å². The predicted octanol–water partition coefficient (Wildman–Crippen LogP) is 1.07. The topological polar surface area (TPSA) is 56.5 Å². The van der Waals surface area contributed by atoms with Crippen molar-refractivity contribution in [2.45, 2.75) is 13.3 Å². The number of nitrogens with zero attached hydrogens (tertiary/aromatic N) is 2. The number of carbonyl (C=O) groups excluding carboxylic acids is 1. The van der Waals surface area contributed by atoms with Crippen LogP contribution in [0.4, 0.5) is 0 Å². The first-order valence-electron chi connectivity index (χ1n) is 4.01. The first-order valence-corrected chi connectivity index (χ1v) is 4.01. The van der Waals surface area contributed by atoms with E-state index in [9.17, 15) is 4.79 Å². The maximum Gasteiger partial charge on any atom is 0.239 e. The van der Waals surface area contributed by atoms with Gasteiger partial charge < -0.3 is 0 Å². The molecule has 0 saturated carbocycles. The summed E-state index contributed by atoms with van der Waals surface area (Å²) < 4.78 is 0. The fraction of sp³-hybridized carbons (Fsp3) is 0.222. The summed E-state index contributed by atoms with van der Waals surface area (Å²) in [6, 6.07) is 0. The number of allylic oxidation sites excluding steroid dienone is 2. The van der Waals surface area contributed by atoms with E-state index in [1.807, 2.05) is 13.0 Å². The van der Waals surface area contributed by atoms with Crippen LogP contribution >= 0.6 is 0 Å². The molecule has 4 nitrogen and oxygen atoms in total.